The van der Waals surface area contributed by atoms with Crippen LogP contribution in [0.4, 0.5) is 0 Å². The molecule has 0 aliphatic carbocycles. The number of aromatic nitrogens is 2. The first-order chi connectivity index (χ1) is 9.04. The van der Waals surface area contributed by atoms with Crippen LogP contribution in [0.1, 0.15) is 16.8 Å². The zero-order valence-corrected chi connectivity index (χ0v) is 11.7. The van der Waals surface area contributed by atoms with Gasteiger partial charge in [0, 0.05) is 0 Å². The van der Waals surface area contributed by atoms with Gasteiger partial charge in [0.2, 0.25) is 0 Å². The first-order valence-electron chi connectivity index (χ1n) is 5.40. The van der Waals surface area contributed by atoms with Gasteiger partial charge in [-0.2, -0.15) is 10.4 Å². The van der Waals surface area contributed by atoms with Gasteiger partial charge in [0.25, 0.3) is 5.88 Å². The molecule has 0 atom stereocenters. The molecule has 0 aliphatic heterocycles. The maximum atomic E-state index is 9.17. The minimum absolute atomic E-state index is 0.120. The molecule has 0 aliphatic rings. The maximum Gasteiger partial charge on any atom is 0.257 e. The SMILES string of the molecule is Cc1nnc(Oc2cccc(Cl)c2Cl)c(C#N)c1C. The quantitative estimate of drug-likeness (QED) is 0.837. The zero-order chi connectivity index (χ0) is 14.0. The lowest BCUT2D eigenvalue weighted by atomic mass is 10.1. The highest BCUT2D eigenvalue weighted by molar-refractivity contribution is 6.42. The summed E-state index contributed by atoms with van der Waals surface area (Å²) in [5.74, 6) is 0.456. The average molecular weight is 294 g/mol. The zero-order valence-electron chi connectivity index (χ0n) is 10.2. The molecule has 0 saturated heterocycles. The Balaban J connectivity index is 2.48. The summed E-state index contributed by atoms with van der Waals surface area (Å²) in [6.45, 7) is 3.56. The van der Waals surface area contributed by atoms with E-state index < -0.39 is 0 Å². The minimum atomic E-state index is 0.120. The van der Waals surface area contributed by atoms with Crippen LogP contribution in [0.2, 0.25) is 10.0 Å². The minimum Gasteiger partial charge on any atom is -0.435 e. The van der Waals surface area contributed by atoms with Crippen molar-refractivity contribution < 1.29 is 4.74 Å². The topological polar surface area (TPSA) is 58.8 Å². The molecule has 96 valence electrons. The predicted octanol–water partition coefficient (Wildman–Crippen LogP) is 4.06. The average Bonchev–Trinajstić information content (AvgIpc) is 2.39. The van der Waals surface area contributed by atoms with Crippen molar-refractivity contribution in [2.75, 3.05) is 0 Å². The fraction of sp³-hybridized carbons (Fsp3) is 0.154. The van der Waals surface area contributed by atoms with E-state index >= 15 is 0 Å². The Morgan fingerprint density at radius 2 is 1.95 bits per heavy atom. The Kier molecular flexibility index (Phi) is 3.89. The van der Waals surface area contributed by atoms with Crippen LogP contribution in [0.25, 0.3) is 0 Å². The van der Waals surface area contributed by atoms with Gasteiger partial charge in [0.1, 0.15) is 22.4 Å². The van der Waals surface area contributed by atoms with Gasteiger partial charge in [-0.05, 0) is 31.5 Å². The molecule has 0 radical (unpaired) electrons. The number of hydrogen-bond acceptors (Lipinski definition) is 4. The van der Waals surface area contributed by atoms with Crippen LogP contribution in [0, 0.1) is 25.2 Å². The molecule has 2 aromatic rings. The van der Waals surface area contributed by atoms with Gasteiger partial charge in [-0.1, -0.05) is 29.3 Å². The lowest BCUT2D eigenvalue weighted by molar-refractivity contribution is 0.452. The van der Waals surface area contributed by atoms with Gasteiger partial charge in [-0.3, -0.25) is 0 Å². The summed E-state index contributed by atoms with van der Waals surface area (Å²) in [5.41, 5.74) is 1.75. The van der Waals surface area contributed by atoms with Crippen LogP contribution in [-0.2, 0) is 0 Å². The van der Waals surface area contributed by atoms with Gasteiger partial charge < -0.3 is 4.74 Å². The number of benzene rings is 1. The van der Waals surface area contributed by atoms with Gasteiger partial charge in [0.05, 0.1) is 10.7 Å². The number of ether oxygens (including phenoxy) is 1. The molecule has 0 bridgehead atoms. The Hall–Kier alpha value is -1.83. The van der Waals surface area contributed by atoms with E-state index in [1.165, 1.54) is 0 Å². The smallest absolute Gasteiger partial charge is 0.257 e. The Morgan fingerprint density at radius 1 is 1.21 bits per heavy atom. The molecular weight excluding hydrogens is 285 g/mol. The summed E-state index contributed by atoms with van der Waals surface area (Å²) >= 11 is 11.9. The largest absolute Gasteiger partial charge is 0.435 e. The molecule has 4 nitrogen and oxygen atoms in total. The second-order valence-electron chi connectivity index (χ2n) is 3.86. The predicted molar refractivity (Wildman–Crippen MR) is 72.8 cm³/mol. The summed E-state index contributed by atoms with van der Waals surface area (Å²) in [6.07, 6.45) is 0. The van der Waals surface area contributed by atoms with E-state index in [4.69, 9.17) is 33.2 Å². The molecule has 19 heavy (non-hydrogen) atoms. The number of nitriles is 1. The van der Waals surface area contributed by atoms with E-state index in [1.807, 2.05) is 0 Å². The lowest BCUT2D eigenvalue weighted by Gasteiger charge is -2.10. The standard InChI is InChI=1S/C13H9Cl2N3O/c1-7-8(2)17-18-13(9(7)6-16)19-11-5-3-4-10(14)12(11)15/h3-5H,1-2H3. The van der Waals surface area contributed by atoms with E-state index in [2.05, 4.69) is 16.3 Å². The number of halogens is 2. The van der Waals surface area contributed by atoms with Gasteiger partial charge >= 0.3 is 0 Å². The van der Waals surface area contributed by atoms with Crippen molar-refractivity contribution in [1.29, 1.82) is 5.26 Å². The van der Waals surface area contributed by atoms with E-state index in [0.29, 0.717) is 22.0 Å². The van der Waals surface area contributed by atoms with Gasteiger partial charge in [-0.15, -0.1) is 5.10 Å². The molecule has 1 aromatic heterocycles. The highest BCUT2D eigenvalue weighted by atomic mass is 35.5. The second kappa shape index (κ2) is 5.43. The van der Waals surface area contributed by atoms with E-state index in [0.717, 1.165) is 5.56 Å². The van der Waals surface area contributed by atoms with Crippen LogP contribution in [-0.4, -0.2) is 10.2 Å². The van der Waals surface area contributed by atoms with Crippen molar-refractivity contribution in [1.82, 2.24) is 10.2 Å². The first-order valence-corrected chi connectivity index (χ1v) is 6.16. The van der Waals surface area contributed by atoms with E-state index in [9.17, 15) is 0 Å². The van der Waals surface area contributed by atoms with E-state index in [-0.39, 0.29) is 10.9 Å². The lowest BCUT2D eigenvalue weighted by Crippen LogP contribution is -2.00. The van der Waals surface area contributed by atoms with Crippen molar-refractivity contribution in [3.63, 3.8) is 0 Å². The van der Waals surface area contributed by atoms with Gasteiger partial charge in [0.15, 0.2) is 0 Å². The molecule has 0 saturated carbocycles. The first kappa shape index (κ1) is 13.6. The third kappa shape index (κ3) is 2.62. The van der Waals surface area contributed by atoms with Crippen LogP contribution in [0.15, 0.2) is 18.2 Å². The van der Waals surface area contributed by atoms with Crippen LogP contribution < -0.4 is 4.74 Å². The molecule has 0 spiro atoms. The number of rotatable bonds is 2. The summed E-state index contributed by atoms with van der Waals surface area (Å²) in [5, 5.41) is 17.6. The third-order valence-electron chi connectivity index (χ3n) is 2.66. The summed E-state index contributed by atoms with van der Waals surface area (Å²) in [4.78, 5) is 0. The summed E-state index contributed by atoms with van der Waals surface area (Å²) in [7, 11) is 0. The molecule has 0 unspecified atom stereocenters. The van der Waals surface area contributed by atoms with Crippen LogP contribution in [0.3, 0.4) is 0 Å². The molecule has 1 aromatic carbocycles. The van der Waals surface area contributed by atoms with Crippen molar-refractivity contribution in [3.05, 3.63) is 45.1 Å². The molecule has 6 heteroatoms. The molecule has 0 fully saturated rings. The van der Waals surface area contributed by atoms with Crippen molar-refractivity contribution in [3.8, 4) is 17.7 Å². The number of aryl methyl sites for hydroxylation is 1. The number of nitrogens with zero attached hydrogens (tertiary/aromatic N) is 3. The molecule has 2 rings (SSSR count). The normalized spacial score (nSPS) is 10.1. The highest BCUT2D eigenvalue weighted by Crippen LogP contribution is 2.35. The maximum absolute atomic E-state index is 9.17. The van der Waals surface area contributed by atoms with Crippen molar-refractivity contribution in [2.45, 2.75) is 13.8 Å². The Morgan fingerprint density at radius 3 is 2.63 bits per heavy atom. The van der Waals surface area contributed by atoms with Gasteiger partial charge in [-0.25, -0.2) is 0 Å². The molecule has 0 amide bonds. The Labute approximate surface area is 120 Å². The van der Waals surface area contributed by atoms with Crippen LogP contribution >= 0.6 is 23.2 Å². The van der Waals surface area contributed by atoms with Crippen molar-refractivity contribution in [2.24, 2.45) is 0 Å². The van der Waals surface area contributed by atoms with Crippen molar-refractivity contribution >= 4 is 23.2 Å². The fourth-order valence-corrected chi connectivity index (χ4v) is 1.79. The summed E-state index contributed by atoms with van der Waals surface area (Å²) < 4.78 is 5.54. The summed E-state index contributed by atoms with van der Waals surface area (Å²) in [6, 6.07) is 7.05. The highest BCUT2D eigenvalue weighted by Gasteiger charge is 2.15. The molecule has 0 N–H and O–H groups in total. The number of hydrogen-bond donors (Lipinski definition) is 0. The van der Waals surface area contributed by atoms with E-state index in [1.54, 1.807) is 32.0 Å². The van der Waals surface area contributed by atoms with Crippen LogP contribution in [0.5, 0.6) is 11.6 Å². The third-order valence-corrected chi connectivity index (χ3v) is 3.46. The Bertz CT molecular complexity index is 680. The fourth-order valence-electron chi connectivity index (χ4n) is 1.46. The second-order valence-corrected chi connectivity index (χ2v) is 4.64. The molecular formula is C13H9Cl2N3O. The monoisotopic (exact) mass is 293 g/mol. The molecule has 1 heterocycles.